The molecule has 0 saturated carbocycles. The Morgan fingerprint density at radius 3 is 1.89 bits per heavy atom. The van der Waals surface area contributed by atoms with Gasteiger partial charge in [-0.1, -0.05) is 13.8 Å². The van der Waals surface area contributed by atoms with Crippen LogP contribution in [0.3, 0.4) is 0 Å². The average Bonchev–Trinajstić information content (AvgIpc) is 2.29. The number of esters is 3. The topological polar surface area (TPSA) is 78.9 Å². The van der Waals surface area contributed by atoms with E-state index < -0.39 is 49.8 Å². The van der Waals surface area contributed by atoms with Crippen LogP contribution in [0.1, 0.15) is 13.8 Å². The van der Waals surface area contributed by atoms with Crippen molar-refractivity contribution >= 4 is 17.9 Å². The van der Waals surface area contributed by atoms with Crippen LogP contribution in [-0.4, -0.2) is 43.9 Å². The van der Waals surface area contributed by atoms with E-state index in [-0.39, 0.29) is 0 Å². The highest BCUT2D eigenvalue weighted by Crippen LogP contribution is 2.14. The smallest absolute Gasteiger partial charge is 0.422 e. The molecule has 0 N–H and O–H groups in total. The first-order valence-corrected chi connectivity index (χ1v) is 5.16. The largest absolute Gasteiger partial charge is 0.454 e. The second-order valence-corrected chi connectivity index (χ2v) is 3.70. The molecule has 6 nitrogen and oxygen atoms in total. The molecule has 110 valence electrons. The van der Waals surface area contributed by atoms with Crippen LogP contribution in [-0.2, 0) is 28.6 Å². The third-order valence-electron chi connectivity index (χ3n) is 1.55. The fraction of sp³-hybridized carbons (Fsp3) is 0.700. The molecule has 0 atom stereocenters. The molecule has 0 aliphatic heterocycles. The lowest BCUT2D eigenvalue weighted by molar-refractivity contribution is -0.190. The van der Waals surface area contributed by atoms with E-state index in [9.17, 15) is 27.6 Å². The van der Waals surface area contributed by atoms with Crippen molar-refractivity contribution in [2.75, 3.05) is 19.8 Å². The minimum atomic E-state index is -4.65. The van der Waals surface area contributed by atoms with E-state index in [0.717, 1.165) is 0 Å². The molecule has 0 unspecified atom stereocenters. The second kappa shape index (κ2) is 7.59. The summed E-state index contributed by atoms with van der Waals surface area (Å²) >= 11 is 0. The van der Waals surface area contributed by atoms with Crippen LogP contribution >= 0.6 is 0 Å². The van der Waals surface area contributed by atoms with E-state index in [2.05, 4.69) is 14.2 Å². The monoisotopic (exact) mass is 286 g/mol. The van der Waals surface area contributed by atoms with Gasteiger partial charge in [0.15, 0.2) is 19.8 Å². The maximum atomic E-state index is 11.7. The Morgan fingerprint density at radius 2 is 1.42 bits per heavy atom. The van der Waals surface area contributed by atoms with E-state index in [1.165, 1.54) is 0 Å². The van der Waals surface area contributed by atoms with Gasteiger partial charge < -0.3 is 14.2 Å². The van der Waals surface area contributed by atoms with Gasteiger partial charge in [-0.3, -0.25) is 4.79 Å². The highest BCUT2D eigenvalue weighted by atomic mass is 19.4. The zero-order valence-electron chi connectivity index (χ0n) is 10.3. The minimum Gasteiger partial charge on any atom is -0.454 e. The Morgan fingerprint density at radius 1 is 0.947 bits per heavy atom. The van der Waals surface area contributed by atoms with Gasteiger partial charge in [-0.25, -0.2) is 9.59 Å². The number of carbonyl (C=O) groups is 3. The third kappa shape index (κ3) is 9.86. The van der Waals surface area contributed by atoms with Crippen molar-refractivity contribution in [2.45, 2.75) is 20.0 Å². The lowest BCUT2D eigenvalue weighted by atomic mass is 10.2. The van der Waals surface area contributed by atoms with Crippen molar-refractivity contribution in [3.63, 3.8) is 0 Å². The molecular formula is C10H13F3O6. The highest BCUT2D eigenvalue weighted by molar-refractivity contribution is 5.79. The number of hydrogen-bond acceptors (Lipinski definition) is 6. The van der Waals surface area contributed by atoms with Crippen LogP contribution in [0.5, 0.6) is 0 Å². The zero-order valence-corrected chi connectivity index (χ0v) is 10.3. The Kier molecular flexibility index (Phi) is 6.87. The van der Waals surface area contributed by atoms with Gasteiger partial charge in [0.1, 0.15) is 0 Å². The zero-order chi connectivity index (χ0) is 15.1. The summed E-state index contributed by atoms with van der Waals surface area (Å²) in [5.74, 6) is -3.49. The van der Waals surface area contributed by atoms with E-state index in [1.807, 2.05) is 0 Å². The first-order valence-electron chi connectivity index (χ1n) is 5.16. The second-order valence-electron chi connectivity index (χ2n) is 3.70. The summed E-state index contributed by atoms with van der Waals surface area (Å²) in [4.78, 5) is 32.6. The lowest BCUT2D eigenvalue weighted by Crippen LogP contribution is -2.25. The van der Waals surface area contributed by atoms with Gasteiger partial charge in [-0.2, -0.15) is 13.2 Å². The summed E-state index contributed by atoms with van der Waals surface area (Å²) < 4.78 is 47.5. The SMILES string of the molecule is CC(C)C(=O)OCC(=O)OCC(=O)OCC(F)(F)F. The molecular weight excluding hydrogens is 273 g/mol. The van der Waals surface area contributed by atoms with Gasteiger partial charge >= 0.3 is 24.1 Å². The average molecular weight is 286 g/mol. The fourth-order valence-corrected chi connectivity index (χ4v) is 0.682. The molecule has 0 fully saturated rings. The van der Waals surface area contributed by atoms with Crippen LogP contribution in [0.15, 0.2) is 0 Å². The van der Waals surface area contributed by atoms with Crippen LogP contribution in [0.4, 0.5) is 13.2 Å². The third-order valence-corrected chi connectivity index (χ3v) is 1.55. The van der Waals surface area contributed by atoms with Crippen LogP contribution in [0, 0.1) is 5.92 Å². The summed E-state index contributed by atoms with van der Waals surface area (Å²) in [5, 5.41) is 0. The quantitative estimate of drug-likeness (QED) is 0.531. The molecule has 0 saturated heterocycles. The number of carbonyl (C=O) groups excluding carboxylic acids is 3. The number of hydrogen-bond donors (Lipinski definition) is 0. The van der Waals surface area contributed by atoms with Crippen molar-refractivity contribution in [1.29, 1.82) is 0 Å². The fourth-order valence-electron chi connectivity index (χ4n) is 0.682. The maximum Gasteiger partial charge on any atom is 0.422 e. The van der Waals surface area contributed by atoms with Crippen molar-refractivity contribution in [2.24, 2.45) is 5.92 Å². The molecule has 0 heterocycles. The molecule has 19 heavy (non-hydrogen) atoms. The predicted molar refractivity (Wildman–Crippen MR) is 53.8 cm³/mol. The molecule has 0 rings (SSSR count). The Bertz CT molecular complexity index is 337. The van der Waals surface area contributed by atoms with E-state index in [0.29, 0.717) is 0 Å². The lowest BCUT2D eigenvalue weighted by Gasteiger charge is -2.09. The number of halogens is 3. The van der Waals surface area contributed by atoms with E-state index >= 15 is 0 Å². The highest BCUT2D eigenvalue weighted by Gasteiger charge is 2.29. The van der Waals surface area contributed by atoms with Crippen LogP contribution in [0.25, 0.3) is 0 Å². The maximum absolute atomic E-state index is 11.7. The molecule has 0 spiro atoms. The Hall–Kier alpha value is -1.80. The van der Waals surface area contributed by atoms with E-state index in [1.54, 1.807) is 13.8 Å². The van der Waals surface area contributed by atoms with Gasteiger partial charge in [0.2, 0.25) is 0 Å². The van der Waals surface area contributed by atoms with Crippen molar-refractivity contribution in [1.82, 2.24) is 0 Å². The molecule has 9 heteroatoms. The van der Waals surface area contributed by atoms with Crippen LogP contribution < -0.4 is 0 Å². The molecule has 0 aromatic rings. The predicted octanol–water partition coefficient (Wildman–Crippen LogP) is 0.834. The molecule has 0 radical (unpaired) electrons. The Balaban J connectivity index is 3.79. The van der Waals surface area contributed by atoms with Gasteiger partial charge in [-0.05, 0) is 0 Å². The van der Waals surface area contributed by atoms with Crippen LogP contribution in [0.2, 0.25) is 0 Å². The number of rotatable bonds is 6. The molecule has 0 aromatic carbocycles. The summed E-state index contributed by atoms with van der Waals surface area (Å²) in [6, 6.07) is 0. The Labute approximate surface area is 106 Å². The summed E-state index contributed by atoms with van der Waals surface area (Å²) in [5.41, 5.74) is 0. The molecule has 0 amide bonds. The van der Waals surface area contributed by atoms with Gasteiger partial charge in [-0.15, -0.1) is 0 Å². The standard InChI is InChI=1S/C10H13F3O6/c1-6(2)9(16)18-4-7(14)17-3-8(15)19-5-10(11,12)13/h6H,3-5H2,1-2H3. The molecule has 0 aliphatic carbocycles. The van der Waals surface area contributed by atoms with Crippen molar-refractivity contribution in [3.05, 3.63) is 0 Å². The van der Waals surface area contributed by atoms with Gasteiger partial charge in [0, 0.05) is 0 Å². The van der Waals surface area contributed by atoms with Gasteiger partial charge in [0.05, 0.1) is 5.92 Å². The minimum absolute atomic E-state index is 0.440. The summed E-state index contributed by atoms with van der Waals surface area (Å²) in [7, 11) is 0. The van der Waals surface area contributed by atoms with Crippen molar-refractivity contribution < 1.29 is 41.8 Å². The van der Waals surface area contributed by atoms with E-state index in [4.69, 9.17) is 0 Å². The van der Waals surface area contributed by atoms with Crippen molar-refractivity contribution in [3.8, 4) is 0 Å². The number of alkyl halides is 3. The summed E-state index contributed by atoms with van der Waals surface area (Å²) in [6.45, 7) is -0.367. The normalized spacial score (nSPS) is 11.1. The summed E-state index contributed by atoms with van der Waals surface area (Å²) in [6.07, 6.45) is -4.65. The molecule has 0 aliphatic rings. The molecule has 0 aromatic heterocycles. The number of ether oxygens (including phenoxy) is 3. The first-order chi connectivity index (χ1) is 8.61. The molecule has 0 bridgehead atoms. The van der Waals surface area contributed by atoms with Gasteiger partial charge in [0.25, 0.3) is 0 Å². The first kappa shape index (κ1) is 17.2.